The zero-order valence-corrected chi connectivity index (χ0v) is 16.7. The Morgan fingerprint density at radius 3 is 2.19 bits per heavy atom. The maximum atomic E-state index is 12.6. The van der Waals surface area contributed by atoms with E-state index in [1.807, 2.05) is 84.9 Å². The number of carbonyl (C=O) groups excluding carboxylic acids is 1. The van der Waals surface area contributed by atoms with Gasteiger partial charge in [-0.15, -0.1) is 0 Å². The van der Waals surface area contributed by atoms with Gasteiger partial charge in [0, 0.05) is 13.0 Å². The van der Waals surface area contributed by atoms with Crippen LogP contribution in [-0.2, 0) is 13.0 Å². The fraction of sp³-hybridized carbons (Fsp3) is 0.0800. The highest BCUT2D eigenvalue weighted by Gasteiger charge is 2.20. The van der Waals surface area contributed by atoms with Crippen molar-refractivity contribution in [3.8, 4) is 22.8 Å². The third kappa shape index (κ3) is 4.70. The van der Waals surface area contributed by atoms with Gasteiger partial charge in [0.05, 0.1) is 0 Å². The van der Waals surface area contributed by atoms with E-state index in [0.29, 0.717) is 0 Å². The van der Waals surface area contributed by atoms with Crippen LogP contribution in [0.25, 0.3) is 11.1 Å². The molecule has 3 N–H and O–H groups in total. The molecule has 0 saturated heterocycles. The fourth-order valence-electron chi connectivity index (χ4n) is 3.33. The second-order valence-corrected chi connectivity index (χ2v) is 7.03. The molecule has 4 rings (SSSR count). The summed E-state index contributed by atoms with van der Waals surface area (Å²) in [7, 11) is 0. The van der Waals surface area contributed by atoms with E-state index in [9.17, 15) is 15.0 Å². The van der Waals surface area contributed by atoms with Crippen molar-refractivity contribution in [2.75, 3.05) is 0 Å². The first-order valence-corrected chi connectivity index (χ1v) is 9.86. The second-order valence-electron chi connectivity index (χ2n) is 7.03. The summed E-state index contributed by atoms with van der Waals surface area (Å²) in [4.78, 5) is 20.8. The van der Waals surface area contributed by atoms with Crippen LogP contribution in [0.4, 0.5) is 0 Å². The highest BCUT2D eigenvalue weighted by molar-refractivity contribution is 5.95. The first-order valence-electron chi connectivity index (χ1n) is 9.86. The minimum absolute atomic E-state index is 0.239. The SMILES string of the molecule is O=C(NCc1ccccc1)c1nc(Cc2ccccc2-c2ccccc2)nc(O)c1O. The third-order valence-electron chi connectivity index (χ3n) is 4.87. The first-order chi connectivity index (χ1) is 15.1. The van der Waals surface area contributed by atoms with Gasteiger partial charge in [0.15, 0.2) is 5.69 Å². The lowest BCUT2D eigenvalue weighted by Gasteiger charge is -2.11. The topological polar surface area (TPSA) is 95.3 Å². The molecule has 0 radical (unpaired) electrons. The van der Waals surface area contributed by atoms with E-state index >= 15 is 0 Å². The Morgan fingerprint density at radius 2 is 1.45 bits per heavy atom. The van der Waals surface area contributed by atoms with Crippen molar-refractivity contribution in [1.82, 2.24) is 15.3 Å². The maximum Gasteiger partial charge on any atom is 0.274 e. The minimum Gasteiger partial charge on any atom is -0.501 e. The fourth-order valence-corrected chi connectivity index (χ4v) is 3.33. The molecule has 1 aromatic heterocycles. The van der Waals surface area contributed by atoms with E-state index in [2.05, 4.69) is 15.3 Å². The van der Waals surface area contributed by atoms with Crippen molar-refractivity contribution >= 4 is 5.91 Å². The monoisotopic (exact) mass is 411 g/mol. The van der Waals surface area contributed by atoms with Crippen LogP contribution in [-0.4, -0.2) is 26.1 Å². The van der Waals surface area contributed by atoms with Crippen molar-refractivity contribution in [2.45, 2.75) is 13.0 Å². The van der Waals surface area contributed by atoms with Crippen LogP contribution < -0.4 is 5.32 Å². The minimum atomic E-state index is -0.634. The van der Waals surface area contributed by atoms with Gasteiger partial charge in [0.25, 0.3) is 11.8 Å². The zero-order valence-electron chi connectivity index (χ0n) is 16.7. The number of nitrogens with one attached hydrogen (secondary N) is 1. The van der Waals surface area contributed by atoms with Gasteiger partial charge < -0.3 is 15.5 Å². The van der Waals surface area contributed by atoms with Crippen LogP contribution in [0.15, 0.2) is 84.9 Å². The van der Waals surface area contributed by atoms with Crippen LogP contribution in [0.3, 0.4) is 0 Å². The number of amides is 1. The second kappa shape index (κ2) is 9.09. The molecule has 4 aromatic rings. The number of nitrogens with zero attached hydrogens (tertiary/aromatic N) is 2. The van der Waals surface area contributed by atoms with E-state index in [1.165, 1.54) is 0 Å². The quantitative estimate of drug-likeness (QED) is 0.444. The van der Waals surface area contributed by atoms with E-state index in [1.54, 1.807) is 0 Å². The summed E-state index contributed by atoms with van der Waals surface area (Å²) in [6, 6.07) is 27.1. The highest BCUT2D eigenvalue weighted by atomic mass is 16.3. The van der Waals surface area contributed by atoms with Crippen molar-refractivity contribution in [2.24, 2.45) is 0 Å². The highest BCUT2D eigenvalue weighted by Crippen LogP contribution is 2.28. The van der Waals surface area contributed by atoms with Gasteiger partial charge in [-0.2, -0.15) is 4.98 Å². The van der Waals surface area contributed by atoms with Gasteiger partial charge in [0.2, 0.25) is 5.75 Å². The van der Waals surface area contributed by atoms with Crippen molar-refractivity contribution < 1.29 is 15.0 Å². The number of aromatic hydroxyl groups is 2. The summed E-state index contributed by atoms with van der Waals surface area (Å²) in [5, 5.41) is 23.0. The van der Waals surface area contributed by atoms with Gasteiger partial charge in [0.1, 0.15) is 5.82 Å². The van der Waals surface area contributed by atoms with Gasteiger partial charge in [-0.1, -0.05) is 84.9 Å². The summed E-state index contributed by atoms with van der Waals surface area (Å²) < 4.78 is 0. The van der Waals surface area contributed by atoms with E-state index in [-0.39, 0.29) is 24.5 Å². The van der Waals surface area contributed by atoms with E-state index in [0.717, 1.165) is 22.3 Å². The molecule has 0 atom stereocenters. The van der Waals surface area contributed by atoms with Gasteiger partial charge in [-0.3, -0.25) is 4.79 Å². The van der Waals surface area contributed by atoms with Gasteiger partial charge in [-0.25, -0.2) is 4.98 Å². The Kier molecular flexibility index (Phi) is 5.89. The zero-order chi connectivity index (χ0) is 21.6. The molecule has 0 aliphatic rings. The largest absolute Gasteiger partial charge is 0.501 e. The van der Waals surface area contributed by atoms with E-state index < -0.39 is 17.5 Å². The summed E-state index contributed by atoms with van der Waals surface area (Å²) in [6.45, 7) is 0.274. The molecule has 1 heterocycles. The first kappa shape index (κ1) is 20.1. The Labute approximate surface area is 179 Å². The molecule has 6 heteroatoms. The molecule has 6 nitrogen and oxygen atoms in total. The summed E-state index contributed by atoms with van der Waals surface area (Å²) in [5.74, 6) is -1.60. The van der Waals surface area contributed by atoms with Crippen LogP contribution in [0.1, 0.15) is 27.4 Å². The lowest BCUT2D eigenvalue weighted by molar-refractivity contribution is 0.0941. The molecule has 0 saturated carbocycles. The number of rotatable bonds is 6. The lowest BCUT2D eigenvalue weighted by Crippen LogP contribution is -2.24. The summed E-state index contributed by atoms with van der Waals surface area (Å²) >= 11 is 0. The Morgan fingerprint density at radius 1 is 0.806 bits per heavy atom. The molecular formula is C25H21N3O3. The smallest absolute Gasteiger partial charge is 0.274 e. The summed E-state index contributed by atoms with van der Waals surface area (Å²) in [5.41, 5.74) is 3.65. The van der Waals surface area contributed by atoms with Gasteiger partial charge >= 0.3 is 0 Å². The molecular weight excluding hydrogens is 390 g/mol. The number of hydrogen-bond donors (Lipinski definition) is 3. The predicted molar refractivity (Wildman–Crippen MR) is 118 cm³/mol. The molecule has 31 heavy (non-hydrogen) atoms. The normalized spacial score (nSPS) is 10.6. The average molecular weight is 411 g/mol. The molecule has 0 bridgehead atoms. The molecule has 154 valence electrons. The Balaban J connectivity index is 1.60. The molecule has 1 amide bonds. The van der Waals surface area contributed by atoms with E-state index in [4.69, 9.17) is 0 Å². The van der Waals surface area contributed by atoms with Crippen LogP contribution in [0.5, 0.6) is 11.6 Å². The summed E-state index contributed by atoms with van der Waals surface area (Å²) in [6.07, 6.45) is 0.290. The van der Waals surface area contributed by atoms with Crippen molar-refractivity contribution in [3.63, 3.8) is 0 Å². The molecule has 3 aromatic carbocycles. The number of hydrogen-bond acceptors (Lipinski definition) is 5. The molecule has 0 spiro atoms. The third-order valence-corrected chi connectivity index (χ3v) is 4.87. The number of aromatic nitrogens is 2. The Hall–Kier alpha value is -4.19. The predicted octanol–water partition coefficient (Wildman–Crippen LogP) is 4.08. The number of carbonyl (C=O) groups is 1. The van der Waals surface area contributed by atoms with Crippen LogP contribution in [0, 0.1) is 0 Å². The average Bonchev–Trinajstić information content (AvgIpc) is 2.81. The van der Waals surface area contributed by atoms with Crippen molar-refractivity contribution in [1.29, 1.82) is 0 Å². The molecule has 0 fully saturated rings. The maximum absolute atomic E-state index is 12.6. The molecule has 0 aliphatic heterocycles. The standard InChI is InChI=1S/C25H21N3O3/c29-23-22(24(30)26-16-17-9-3-1-4-10-17)27-21(28-25(23)31)15-19-13-7-8-14-20(19)18-11-5-2-6-12-18/h1-14,29H,15-16H2,(H,26,30)(H,27,28,31). The van der Waals surface area contributed by atoms with Gasteiger partial charge in [-0.05, 0) is 22.3 Å². The molecule has 0 aliphatic carbocycles. The molecule has 0 unspecified atom stereocenters. The lowest BCUT2D eigenvalue weighted by atomic mass is 9.97. The van der Waals surface area contributed by atoms with Crippen molar-refractivity contribution in [3.05, 3.63) is 108 Å². The number of benzene rings is 3. The Bertz CT molecular complexity index is 1200. The van der Waals surface area contributed by atoms with Crippen LogP contribution >= 0.6 is 0 Å². The van der Waals surface area contributed by atoms with Crippen LogP contribution in [0.2, 0.25) is 0 Å².